The van der Waals surface area contributed by atoms with Crippen LogP contribution < -0.4 is 0 Å². The number of nitrogens with zero attached hydrogens (tertiary/aromatic N) is 3. The Bertz CT molecular complexity index is 608. The van der Waals surface area contributed by atoms with Gasteiger partial charge >= 0.3 is 0 Å². The third-order valence-corrected chi connectivity index (χ3v) is 4.97. The number of carbonyl (C=O) groups is 1. The molecule has 6 heteroatoms. The molecule has 0 radical (unpaired) electrons. The molecule has 3 heterocycles. The standard InChI is InChI=1S/C15H19N3O2S/c1-11-2-3-14(21-11)15(20)17-7-4-12(13(19)5-8-17)18-9-6-16-10-18/h2-3,6,9-10,12-13,19H,4-5,7-8H2,1H3/t12-,13-/m0/s1. The molecule has 0 aliphatic carbocycles. The largest absolute Gasteiger partial charge is 0.391 e. The Balaban J connectivity index is 1.71. The zero-order chi connectivity index (χ0) is 14.8. The summed E-state index contributed by atoms with van der Waals surface area (Å²) >= 11 is 1.53. The third kappa shape index (κ3) is 3.01. The fourth-order valence-electron chi connectivity index (χ4n) is 2.79. The van der Waals surface area contributed by atoms with E-state index in [0.717, 1.165) is 16.2 Å². The number of aliphatic hydroxyl groups is 1. The number of thiophene rings is 1. The van der Waals surface area contributed by atoms with Crippen LogP contribution in [-0.4, -0.2) is 44.7 Å². The average molecular weight is 305 g/mol. The van der Waals surface area contributed by atoms with Crippen molar-refractivity contribution in [3.8, 4) is 0 Å². The SMILES string of the molecule is Cc1ccc(C(=O)N2CC[C@H](O)[C@@H](n3ccnc3)CC2)s1. The number of aliphatic hydroxyl groups excluding tert-OH is 1. The first-order valence-corrected chi connectivity index (χ1v) is 7.98. The Morgan fingerprint density at radius 2 is 2.19 bits per heavy atom. The van der Waals surface area contributed by atoms with Crippen molar-refractivity contribution in [1.29, 1.82) is 0 Å². The summed E-state index contributed by atoms with van der Waals surface area (Å²) in [6.45, 7) is 3.26. The van der Waals surface area contributed by atoms with Gasteiger partial charge in [0.1, 0.15) is 0 Å². The van der Waals surface area contributed by atoms with Crippen LogP contribution in [0.5, 0.6) is 0 Å². The van der Waals surface area contributed by atoms with Gasteiger partial charge in [0.05, 0.1) is 23.4 Å². The predicted octanol–water partition coefficient (Wildman–Crippen LogP) is 2.09. The van der Waals surface area contributed by atoms with Crippen LogP contribution in [0, 0.1) is 6.92 Å². The van der Waals surface area contributed by atoms with Crippen molar-refractivity contribution >= 4 is 17.2 Å². The Morgan fingerprint density at radius 1 is 1.38 bits per heavy atom. The molecule has 0 unspecified atom stereocenters. The van der Waals surface area contributed by atoms with E-state index in [2.05, 4.69) is 4.98 Å². The molecule has 0 saturated carbocycles. The summed E-state index contributed by atoms with van der Waals surface area (Å²) in [5.74, 6) is 0.0755. The predicted molar refractivity (Wildman–Crippen MR) is 81.5 cm³/mol. The highest BCUT2D eigenvalue weighted by molar-refractivity contribution is 7.13. The molecular formula is C15H19N3O2S. The molecule has 1 saturated heterocycles. The van der Waals surface area contributed by atoms with Crippen molar-refractivity contribution in [3.05, 3.63) is 40.6 Å². The maximum atomic E-state index is 12.5. The number of amides is 1. The number of aryl methyl sites for hydroxylation is 1. The van der Waals surface area contributed by atoms with Gasteiger partial charge in [0.15, 0.2) is 0 Å². The fraction of sp³-hybridized carbons (Fsp3) is 0.467. The van der Waals surface area contributed by atoms with Crippen molar-refractivity contribution in [1.82, 2.24) is 14.5 Å². The molecule has 0 aromatic carbocycles. The summed E-state index contributed by atoms with van der Waals surface area (Å²) in [7, 11) is 0. The van der Waals surface area contributed by atoms with Gasteiger partial charge < -0.3 is 14.6 Å². The molecule has 2 atom stereocenters. The van der Waals surface area contributed by atoms with E-state index in [4.69, 9.17) is 0 Å². The maximum Gasteiger partial charge on any atom is 0.263 e. The molecule has 1 N–H and O–H groups in total. The minimum atomic E-state index is -0.443. The molecular weight excluding hydrogens is 286 g/mol. The van der Waals surface area contributed by atoms with Crippen LogP contribution in [-0.2, 0) is 0 Å². The van der Waals surface area contributed by atoms with Crippen LogP contribution in [0.1, 0.15) is 33.4 Å². The highest BCUT2D eigenvalue weighted by Gasteiger charge is 2.28. The van der Waals surface area contributed by atoms with Gasteiger partial charge in [0, 0.05) is 30.4 Å². The van der Waals surface area contributed by atoms with E-state index in [1.54, 1.807) is 12.5 Å². The molecule has 2 aromatic rings. The van der Waals surface area contributed by atoms with Gasteiger partial charge in [0.2, 0.25) is 0 Å². The van der Waals surface area contributed by atoms with Crippen LogP contribution in [0.4, 0.5) is 0 Å². The number of rotatable bonds is 2. The normalized spacial score (nSPS) is 23.0. The molecule has 1 aliphatic heterocycles. The van der Waals surface area contributed by atoms with Gasteiger partial charge in [-0.1, -0.05) is 0 Å². The highest BCUT2D eigenvalue weighted by Crippen LogP contribution is 2.25. The summed E-state index contributed by atoms with van der Waals surface area (Å²) in [5, 5.41) is 10.3. The van der Waals surface area contributed by atoms with Crippen LogP contribution in [0.25, 0.3) is 0 Å². The summed E-state index contributed by atoms with van der Waals surface area (Å²) in [4.78, 5) is 20.3. The van der Waals surface area contributed by atoms with E-state index >= 15 is 0 Å². The van der Waals surface area contributed by atoms with Gasteiger partial charge in [0.25, 0.3) is 5.91 Å². The Hall–Kier alpha value is -1.66. The van der Waals surface area contributed by atoms with Gasteiger partial charge in [-0.2, -0.15) is 0 Å². The minimum Gasteiger partial charge on any atom is -0.391 e. The molecule has 1 aliphatic rings. The van der Waals surface area contributed by atoms with Crippen LogP contribution in [0.15, 0.2) is 30.9 Å². The second-order valence-corrected chi connectivity index (χ2v) is 6.71. The number of hydrogen-bond acceptors (Lipinski definition) is 4. The molecule has 2 aromatic heterocycles. The van der Waals surface area contributed by atoms with Gasteiger partial charge in [-0.25, -0.2) is 4.98 Å². The third-order valence-electron chi connectivity index (χ3n) is 3.98. The second-order valence-electron chi connectivity index (χ2n) is 5.42. The second kappa shape index (κ2) is 5.99. The average Bonchev–Trinajstić information content (AvgIpc) is 3.10. The van der Waals surface area contributed by atoms with Crippen LogP contribution >= 0.6 is 11.3 Å². The summed E-state index contributed by atoms with van der Waals surface area (Å²) < 4.78 is 1.94. The quantitative estimate of drug-likeness (QED) is 0.924. The summed E-state index contributed by atoms with van der Waals surface area (Å²) in [6, 6.07) is 3.85. The number of carbonyl (C=O) groups excluding carboxylic acids is 1. The smallest absolute Gasteiger partial charge is 0.263 e. The van der Waals surface area contributed by atoms with Gasteiger partial charge in [-0.05, 0) is 31.9 Å². The van der Waals surface area contributed by atoms with E-state index in [9.17, 15) is 9.90 Å². The lowest BCUT2D eigenvalue weighted by atomic mass is 10.1. The number of hydrogen-bond donors (Lipinski definition) is 1. The zero-order valence-electron chi connectivity index (χ0n) is 12.0. The van der Waals surface area contributed by atoms with Crippen molar-refractivity contribution in [2.45, 2.75) is 31.9 Å². The van der Waals surface area contributed by atoms with E-state index in [1.165, 1.54) is 11.3 Å². The van der Waals surface area contributed by atoms with Crippen molar-refractivity contribution in [2.24, 2.45) is 0 Å². The van der Waals surface area contributed by atoms with Gasteiger partial charge in [-0.15, -0.1) is 11.3 Å². The number of likely N-dealkylation sites (tertiary alicyclic amines) is 1. The number of imidazole rings is 1. The molecule has 21 heavy (non-hydrogen) atoms. The minimum absolute atomic E-state index is 0.00429. The topological polar surface area (TPSA) is 58.4 Å². The Morgan fingerprint density at radius 3 is 2.86 bits per heavy atom. The lowest BCUT2D eigenvalue weighted by molar-refractivity contribution is 0.0756. The summed E-state index contributed by atoms with van der Waals surface area (Å²) in [5.41, 5.74) is 0. The molecule has 0 spiro atoms. The van der Waals surface area contributed by atoms with E-state index in [1.807, 2.05) is 34.7 Å². The van der Waals surface area contributed by atoms with Gasteiger partial charge in [-0.3, -0.25) is 4.79 Å². The number of aromatic nitrogens is 2. The monoisotopic (exact) mass is 305 g/mol. The Kier molecular flexibility index (Phi) is 4.07. The molecule has 1 fully saturated rings. The van der Waals surface area contributed by atoms with E-state index < -0.39 is 6.10 Å². The maximum absolute atomic E-state index is 12.5. The highest BCUT2D eigenvalue weighted by atomic mass is 32.1. The molecule has 3 rings (SSSR count). The molecule has 1 amide bonds. The Labute approximate surface area is 127 Å². The van der Waals surface area contributed by atoms with Crippen LogP contribution in [0.2, 0.25) is 0 Å². The van der Waals surface area contributed by atoms with Crippen molar-refractivity contribution < 1.29 is 9.90 Å². The summed E-state index contributed by atoms with van der Waals surface area (Å²) in [6.07, 6.45) is 6.21. The lowest BCUT2D eigenvalue weighted by Gasteiger charge is -2.21. The first kappa shape index (κ1) is 14.3. The lowest BCUT2D eigenvalue weighted by Crippen LogP contribution is -2.31. The first-order valence-electron chi connectivity index (χ1n) is 7.16. The molecule has 0 bridgehead atoms. The molecule has 112 valence electrons. The zero-order valence-corrected chi connectivity index (χ0v) is 12.8. The molecule has 5 nitrogen and oxygen atoms in total. The van der Waals surface area contributed by atoms with Crippen molar-refractivity contribution in [3.63, 3.8) is 0 Å². The van der Waals surface area contributed by atoms with Crippen LogP contribution in [0.3, 0.4) is 0 Å². The first-order chi connectivity index (χ1) is 10.1. The van der Waals surface area contributed by atoms with Crippen molar-refractivity contribution in [2.75, 3.05) is 13.1 Å². The fourth-order valence-corrected chi connectivity index (χ4v) is 3.63. The van der Waals surface area contributed by atoms with E-state index in [0.29, 0.717) is 19.5 Å². The van der Waals surface area contributed by atoms with E-state index in [-0.39, 0.29) is 11.9 Å².